The Morgan fingerprint density at radius 2 is 2.07 bits per heavy atom. The van der Waals surface area contributed by atoms with Crippen LogP contribution in [0.1, 0.15) is 40.0 Å². The predicted octanol–water partition coefficient (Wildman–Crippen LogP) is 1.41. The van der Waals surface area contributed by atoms with Gasteiger partial charge in [0.1, 0.15) is 5.72 Å². The third-order valence-corrected chi connectivity index (χ3v) is 2.75. The maximum Gasteiger partial charge on any atom is 0.303 e. The van der Waals surface area contributed by atoms with Crippen molar-refractivity contribution in [1.29, 1.82) is 0 Å². The SMILES string of the molecule is CC1(C)COC(C)(CCCC(=O)O)N1[O]. The third kappa shape index (κ3) is 2.68. The molecule has 5 nitrogen and oxygen atoms in total. The lowest BCUT2D eigenvalue weighted by molar-refractivity contribution is -0.286. The van der Waals surface area contributed by atoms with Crippen molar-refractivity contribution < 1.29 is 19.8 Å². The minimum Gasteiger partial charge on any atom is -0.481 e. The van der Waals surface area contributed by atoms with E-state index < -0.39 is 17.2 Å². The number of hydrogen-bond donors (Lipinski definition) is 1. The van der Waals surface area contributed by atoms with Crippen LogP contribution < -0.4 is 0 Å². The van der Waals surface area contributed by atoms with Crippen molar-refractivity contribution in [2.75, 3.05) is 6.61 Å². The molecule has 1 heterocycles. The molecule has 15 heavy (non-hydrogen) atoms. The molecule has 1 saturated heterocycles. The molecule has 1 fully saturated rings. The minimum atomic E-state index is -0.862. The monoisotopic (exact) mass is 216 g/mol. The molecule has 0 spiro atoms. The van der Waals surface area contributed by atoms with Crippen molar-refractivity contribution in [3.8, 4) is 0 Å². The maximum atomic E-state index is 11.9. The number of carbonyl (C=O) groups is 1. The molecule has 87 valence electrons. The van der Waals surface area contributed by atoms with Crippen LogP contribution in [-0.2, 0) is 14.7 Å². The van der Waals surface area contributed by atoms with Gasteiger partial charge < -0.3 is 9.84 Å². The summed E-state index contributed by atoms with van der Waals surface area (Å²) in [7, 11) is 0. The summed E-state index contributed by atoms with van der Waals surface area (Å²) in [6, 6.07) is 0. The van der Waals surface area contributed by atoms with E-state index in [9.17, 15) is 10.0 Å². The normalized spacial score (nSPS) is 30.7. The molecule has 5 heteroatoms. The average Bonchev–Trinajstić information content (AvgIpc) is 2.30. The molecule has 1 aliphatic rings. The Balaban J connectivity index is 2.50. The maximum absolute atomic E-state index is 11.9. The number of hydrogen-bond acceptors (Lipinski definition) is 3. The molecule has 1 rings (SSSR count). The van der Waals surface area contributed by atoms with Crippen molar-refractivity contribution in [3.63, 3.8) is 0 Å². The van der Waals surface area contributed by atoms with E-state index in [-0.39, 0.29) is 6.42 Å². The van der Waals surface area contributed by atoms with Crippen LogP contribution in [0.5, 0.6) is 0 Å². The van der Waals surface area contributed by atoms with Gasteiger partial charge in [-0.05, 0) is 33.6 Å². The highest BCUT2D eigenvalue weighted by Crippen LogP contribution is 2.36. The van der Waals surface area contributed by atoms with E-state index in [1.807, 2.05) is 13.8 Å². The van der Waals surface area contributed by atoms with Gasteiger partial charge in [-0.2, -0.15) is 0 Å². The van der Waals surface area contributed by atoms with Gasteiger partial charge in [-0.3, -0.25) is 4.79 Å². The van der Waals surface area contributed by atoms with E-state index >= 15 is 0 Å². The van der Waals surface area contributed by atoms with E-state index in [4.69, 9.17) is 9.84 Å². The molecule has 0 bridgehead atoms. The molecule has 1 unspecified atom stereocenters. The van der Waals surface area contributed by atoms with E-state index in [0.29, 0.717) is 19.4 Å². The Bertz CT molecular complexity index is 254. The van der Waals surface area contributed by atoms with Crippen LogP contribution in [0.4, 0.5) is 0 Å². The molecule has 1 N–H and O–H groups in total. The Hall–Kier alpha value is -0.650. The lowest BCUT2D eigenvalue weighted by Crippen LogP contribution is -2.47. The van der Waals surface area contributed by atoms with Crippen LogP contribution in [0.3, 0.4) is 0 Å². The Kier molecular flexibility index (Phi) is 3.38. The summed E-state index contributed by atoms with van der Waals surface area (Å²) in [5.74, 6) is -0.840. The molecule has 1 aliphatic heterocycles. The summed E-state index contributed by atoms with van der Waals surface area (Å²) in [5.41, 5.74) is -1.38. The number of hydroxylamine groups is 2. The van der Waals surface area contributed by atoms with Gasteiger partial charge in [0.25, 0.3) is 0 Å². The van der Waals surface area contributed by atoms with Crippen molar-refractivity contribution in [2.24, 2.45) is 0 Å². The fourth-order valence-corrected chi connectivity index (χ4v) is 1.83. The van der Waals surface area contributed by atoms with Crippen LogP contribution in [0.2, 0.25) is 0 Å². The molecule has 0 aromatic carbocycles. The van der Waals surface area contributed by atoms with Gasteiger partial charge in [0.05, 0.1) is 12.1 Å². The van der Waals surface area contributed by atoms with Gasteiger partial charge in [-0.25, -0.2) is 0 Å². The second kappa shape index (κ2) is 4.08. The van der Waals surface area contributed by atoms with E-state index in [2.05, 4.69) is 0 Å². The molecular weight excluding hydrogens is 198 g/mol. The van der Waals surface area contributed by atoms with Gasteiger partial charge >= 0.3 is 5.97 Å². The lowest BCUT2D eigenvalue weighted by Gasteiger charge is -2.31. The summed E-state index contributed by atoms with van der Waals surface area (Å²) >= 11 is 0. The van der Waals surface area contributed by atoms with Gasteiger partial charge in [0.2, 0.25) is 0 Å². The van der Waals surface area contributed by atoms with Crippen LogP contribution in [0.25, 0.3) is 0 Å². The second-order valence-electron chi connectivity index (χ2n) is 4.82. The smallest absolute Gasteiger partial charge is 0.303 e. The minimum absolute atomic E-state index is 0.0766. The van der Waals surface area contributed by atoms with Crippen LogP contribution in [-0.4, -0.2) is 34.0 Å². The molecule has 0 saturated carbocycles. The van der Waals surface area contributed by atoms with E-state index in [1.54, 1.807) is 6.92 Å². The molecule has 1 radical (unpaired) electrons. The van der Waals surface area contributed by atoms with E-state index in [1.165, 1.54) is 0 Å². The Morgan fingerprint density at radius 1 is 1.47 bits per heavy atom. The molecular formula is C10H18NO4. The quantitative estimate of drug-likeness (QED) is 0.771. The first-order valence-electron chi connectivity index (χ1n) is 5.11. The number of carboxylic acid groups (broad SMARTS) is 1. The molecule has 1 atom stereocenters. The summed E-state index contributed by atoms with van der Waals surface area (Å²) in [6.45, 7) is 5.75. The Morgan fingerprint density at radius 3 is 2.47 bits per heavy atom. The van der Waals surface area contributed by atoms with Gasteiger partial charge in [0, 0.05) is 6.42 Å². The van der Waals surface area contributed by atoms with E-state index in [0.717, 1.165) is 5.06 Å². The van der Waals surface area contributed by atoms with Crippen LogP contribution >= 0.6 is 0 Å². The van der Waals surface area contributed by atoms with Crippen molar-refractivity contribution in [1.82, 2.24) is 5.06 Å². The summed E-state index contributed by atoms with van der Waals surface area (Å²) in [6.07, 6.45) is 0.986. The van der Waals surface area contributed by atoms with Crippen LogP contribution in [0, 0.1) is 0 Å². The highest BCUT2D eigenvalue weighted by atomic mass is 16.6. The van der Waals surface area contributed by atoms with Crippen molar-refractivity contribution >= 4 is 5.97 Å². The first kappa shape index (κ1) is 12.4. The van der Waals surface area contributed by atoms with Crippen molar-refractivity contribution in [2.45, 2.75) is 51.3 Å². The number of nitrogens with zero attached hydrogens (tertiary/aromatic N) is 1. The highest BCUT2D eigenvalue weighted by Gasteiger charge is 2.49. The molecule has 0 aromatic rings. The third-order valence-electron chi connectivity index (χ3n) is 2.75. The topological polar surface area (TPSA) is 69.7 Å². The average molecular weight is 216 g/mol. The van der Waals surface area contributed by atoms with Gasteiger partial charge in [-0.15, -0.1) is 10.3 Å². The zero-order chi connectivity index (χ0) is 11.7. The lowest BCUT2D eigenvalue weighted by atomic mass is 10.0. The first-order chi connectivity index (χ1) is 6.78. The molecule has 0 aromatic heterocycles. The van der Waals surface area contributed by atoms with Gasteiger partial charge in [0.15, 0.2) is 0 Å². The van der Waals surface area contributed by atoms with Crippen molar-refractivity contribution in [3.05, 3.63) is 0 Å². The second-order valence-corrected chi connectivity index (χ2v) is 4.82. The zero-order valence-electron chi connectivity index (χ0n) is 9.45. The standard InChI is InChI=1S/C10H18NO4/c1-9(2)7-15-10(3,11(9)14)6-4-5-8(12)13/h4-7H2,1-3H3,(H,12,13). The molecule has 0 aliphatic carbocycles. The number of ether oxygens (including phenoxy) is 1. The fraction of sp³-hybridized carbons (Fsp3) is 0.900. The zero-order valence-corrected chi connectivity index (χ0v) is 9.45. The number of rotatable bonds is 4. The summed E-state index contributed by atoms with van der Waals surface area (Å²) in [4.78, 5) is 10.4. The van der Waals surface area contributed by atoms with Gasteiger partial charge in [-0.1, -0.05) is 0 Å². The summed E-state index contributed by atoms with van der Waals surface area (Å²) in [5, 5.41) is 21.3. The summed E-state index contributed by atoms with van der Waals surface area (Å²) < 4.78 is 5.47. The Labute approximate surface area is 89.6 Å². The number of carboxylic acids is 1. The fourth-order valence-electron chi connectivity index (χ4n) is 1.83. The molecule has 0 amide bonds. The predicted molar refractivity (Wildman–Crippen MR) is 52.4 cm³/mol. The van der Waals surface area contributed by atoms with Crippen LogP contribution in [0.15, 0.2) is 0 Å². The number of aliphatic carboxylic acids is 1. The first-order valence-corrected chi connectivity index (χ1v) is 5.11. The largest absolute Gasteiger partial charge is 0.481 e. The highest BCUT2D eigenvalue weighted by molar-refractivity contribution is 5.66.